The van der Waals surface area contributed by atoms with E-state index in [1.54, 1.807) is 21.3 Å². The number of hydrogen-bond acceptors (Lipinski definition) is 10. The molecule has 0 spiro atoms. The quantitative estimate of drug-likeness (QED) is 0.387. The first-order valence-corrected chi connectivity index (χ1v) is 10.6. The summed E-state index contributed by atoms with van der Waals surface area (Å²) < 4.78 is 16.3. The van der Waals surface area contributed by atoms with Crippen LogP contribution in [0.3, 0.4) is 0 Å². The van der Waals surface area contributed by atoms with Crippen LogP contribution in [0.1, 0.15) is 5.56 Å². The normalized spacial score (nSPS) is 12.6. The molecule has 14 heteroatoms. The smallest absolute Gasteiger partial charge is 0.414 e. The van der Waals surface area contributed by atoms with Crippen LogP contribution in [-0.2, 0) is 25.7 Å². The molecule has 0 saturated carbocycles. The number of carboxylic acid groups (broad SMARTS) is 4. The number of carboxylic acids is 4. The number of methoxy groups -OCH3 is 3. The number of nitrogens with zero attached hydrogens (tertiary/aromatic N) is 3. The van der Waals surface area contributed by atoms with E-state index in [0.717, 1.165) is 44.1 Å². The molecular formula is C23H29N3O11. The monoisotopic (exact) mass is 523 g/mol. The molecule has 0 unspecified atom stereocenters. The SMILES string of the molecule is COc1cc(CN2CCN(c3ccccn3)CC2)cc(OC)c1OC.O=C(O)C(=O)O.O=C(O)C(=O)O. The Labute approximate surface area is 212 Å². The molecule has 1 aliphatic heterocycles. The van der Waals surface area contributed by atoms with Crippen LogP contribution in [0.4, 0.5) is 5.82 Å². The van der Waals surface area contributed by atoms with Crippen LogP contribution in [0.25, 0.3) is 0 Å². The van der Waals surface area contributed by atoms with Gasteiger partial charge in [-0.25, -0.2) is 24.2 Å². The molecule has 4 N–H and O–H groups in total. The Hall–Kier alpha value is -4.59. The summed E-state index contributed by atoms with van der Waals surface area (Å²) in [5.41, 5.74) is 1.15. The van der Waals surface area contributed by atoms with E-state index < -0.39 is 23.9 Å². The molecular weight excluding hydrogens is 494 g/mol. The van der Waals surface area contributed by atoms with Gasteiger partial charge in [0.1, 0.15) is 5.82 Å². The number of pyridine rings is 1. The highest BCUT2D eigenvalue weighted by atomic mass is 16.5. The molecule has 14 nitrogen and oxygen atoms in total. The van der Waals surface area contributed by atoms with E-state index in [-0.39, 0.29) is 0 Å². The number of hydrogen-bond donors (Lipinski definition) is 4. The molecule has 1 fully saturated rings. The Morgan fingerprint density at radius 3 is 1.62 bits per heavy atom. The Balaban J connectivity index is 0.000000476. The van der Waals surface area contributed by atoms with Gasteiger partial charge in [-0.2, -0.15) is 0 Å². The Kier molecular flexibility index (Phi) is 12.7. The van der Waals surface area contributed by atoms with E-state index in [2.05, 4.69) is 20.9 Å². The summed E-state index contributed by atoms with van der Waals surface area (Å²) in [5.74, 6) is -4.22. The van der Waals surface area contributed by atoms with Gasteiger partial charge in [0.05, 0.1) is 21.3 Å². The van der Waals surface area contributed by atoms with Crippen LogP contribution in [-0.4, -0.2) is 102 Å². The van der Waals surface area contributed by atoms with E-state index in [4.69, 9.17) is 53.8 Å². The molecule has 1 saturated heterocycles. The predicted molar refractivity (Wildman–Crippen MR) is 128 cm³/mol. The second-order valence-electron chi connectivity index (χ2n) is 7.21. The van der Waals surface area contributed by atoms with Gasteiger partial charge in [-0.3, -0.25) is 4.90 Å². The average molecular weight is 523 g/mol. The Morgan fingerprint density at radius 1 is 0.784 bits per heavy atom. The number of ether oxygens (including phenoxy) is 3. The zero-order valence-electron chi connectivity index (χ0n) is 20.5. The predicted octanol–water partition coefficient (Wildman–Crippen LogP) is 0.741. The third-order valence-corrected chi connectivity index (χ3v) is 4.84. The number of anilines is 1. The number of rotatable bonds is 6. The molecule has 2 aromatic rings. The lowest BCUT2D eigenvalue weighted by Crippen LogP contribution is -2.46. The third-order valence-electron chi connectivity index (χ3n) is 4.84. The standard InChI is InChI=1S/C19H25N3O3.2C2H2O4/c1-23-16-12-15(13-17(24-2)19(16)25-3)14-21-8-10-22(11-9-21)18-6-4-5-7-20-18;2*3-1(4)2(5)6/h4-7,12-13H,8-11,14H2,1-3H3;2*(H,3,4)(H,5,6). The number of carbonyl (C=O) groups is 4. The highest BCUT2D eigenvalue weighted by molar-refractivity contribution is 6.27. The molecule has 1 aromatic heterocycles. The molecule has 0 bridgehead atoms. The largest absolute Gasteiger partial charge is 0.493 e. The molecule has 37 heavy (non-hydrogen) atoms. The highest BCUT2D eigenvalue weighted by Crippen LogP contribution is 2.38. The minimum atomic E-state index is -1.82. The summed E-state index contributed by atoms with van der Waals surface area (Å²) in [6, 6.07) is 10.1. The van der Waals surface area contributed by atoms with Gasteiger partial charge in [-0.05, 0) is 29.8 Å². The first-order valence-electron chi connectivity index (χ1n) is 10.6. The van der Waals surface area contributed by atoms with Crippen LogP contribution in [0, 0.1) is 0 Å². The minimum absolute atomic E-state index is 0.633. The fraction of sp³-hybridized carbons (Fsp3) is 0.348. The van der Waals surface area contributed by atoms with E-state index in [1.807, 2.05) is 30.5 Å². The maximum absolute atomic E-state index is 9.10. The fourth-order valence-corrected chi connectivity index (χ4v) is 3.16. The fourth-order valence-electron chi connectivity index (χ4n) is 3.16. The summed E-state index contributed by atoms with van der Waals surface area (Å²) in [6.07, 6.45) is 1.84. The molecule has 2 heterocycles. The summed E-state index contributed by atoms with van der Waals surface area (Å²) >= 11 is 0. The molecule has 0 aliphatic carbocycles. The van der Waals surface area contributed by atoms with Crippen molar-refractivity contribution in [3.63, 3.8) is 0 Å². The molecule has 202 valence electrons. The lowest BCUT2D eigenvalue weighted by atomic mass is 10.1. The molecule has 3 rings (SSSR count). The van der Waals surface area contributed by atoms with Gasteiger partial charge in [0.15, 0.2) is 11.5 Å². The molecule has 0 amide bonds. The summed E-state index contributed by atoms with van der Waals surface area (Å²) in [4.78, 5) is 45.6. The van der Waals surface area contributed by atoms with E-state index in [9.17, 15) is 0 Å². The van der Waals surface area contributed by atoms with Crippen molar-refractivity contribution in [2.45, 2.75) is 6.54 Å². The van der Waals surface area contributed by atoms with Gasteiger partial charge in [0, 0.05) is 38.9 Å². The highest BCUT2D eigenvalue weighted by Gasteiger charge is 2.20. The first-order chi connectivity index (χ1) is 17.5. The summed E-state index contributed by atoms with van der Waals surface area (Å²) in [7, 11) is 4.91. The van der Waals surface area contributed by atoms with Crippen molar-refractivity contribution >= 4 is 29.7 Å². The number of aliphatic carboxylic acids is 4. The molecule has 0 atom stereocenters. The number of piperazine rings is 1. The van der Waals surface area contributed by atoms with Crippen LogP contribution in [0.2, 0.25) is 0 Å². The van der Waals surface area contributed by atoms with Crippen molar-refractivity contribution in [3.8, 4) is 17.2 Å². The number of aromatic nitrogens is 1. The van der Waals surface area contributed by atoms with Crippen LogP contribution in [0.15, 0.2) is 36.5 Å². The van der Waals surface area contributed by atoms with Crippen LogP contribution >= 0.6 is 0 Å². The lowest BCUT2D eigenvalue weighted by molar-refractivity contribution is -0.159. The van der Waals surface area contributed by atoms with Crippen LogP contribution < -0.4 is 19.1 Å². The van der Waals surface area contributed by atoms with Gasteiger partial charge in [0.2, 0.25) is 5.75 Å². The maximum Gasteiger partial charge on any atom is 0.414 e. The van der Waals surface area contributed by atoms with Crippen molar-refractivity contribution in [2.24, 2.45) is 0 Å². The third kappa shape index (κ3) is 10.3. The van der Waals surface area contributed by atoms with Gasteiger partial charge < -0.3 is 39.5 Å². The summed E-state index contributed by atoms with van der Waals surface area (Å²) in [6.45, 7) is 4.79. The minimum Gasteiger partial charge on any atom is -0.493 e. The lowest BCUT2D eigenvalue weighted by Gasteiger charge is -2.35. The van der Waals surface area contributed by atoms with Crippen molar-refractivity contribution in [2.75, 3.05) is 52.4 Å². The van der Waals surface area contributed by atoms with Crippen molar-refractivity contribution in [1.82, 2.24) is 9.88 Å². The Bertz CT molecular complexity index is 982. The zero-order valence-corrected chi connectivity index (χ0v) is 20.5. The van der Waals surface area contributed by atoms with Crippen molar-refractivity contribution < 1.29 is 53.8 Å². The van der Waals surface area contributed by atoms with Crippen molar-refractivity contribution in [3.05, 3.63) is 42.1 Å². The Morgan fingerprint density at radius 2 is 1.27 bits per heavy atom. The maximum atomic E-state index is 9.10. The summed E-state index contributed by atoms with van der Waals surface area (Å²) in [5, 5.41) is 29.6. The van der Waals surface area contributed by atoms with Crippen LogP contribution in [0.5, 0.6) is 17.2 Å². The van der Waals surface area contributed by atoms with E-state index in [0.29, 0.717) is 17.2 Å². The van der Waals surface area contributed by atoms with Gasteiger partial charge in [0.25, 0.3) is 0 Å². The first kappa shape index (κ1) is 30.4. The second kappa shape index (κ2) is 15.4. The topological polar surface area (TPSA) is 196 Å². The van der Waals surface area contributed by atoms with E-state index >= 15 is 0 Å². The van der Waals surface area contributed by atoms with E-state index in [1.165, 1.54) is 0 Å². The molecule has 1 aromatic carbocycles. The van der Waals surface area contributed by atoms with Gasteiger partial charge >= 0.3 is 23.9 Å². The average Bonchev–Trinajstić information content (AvgIpc) is 2.89. The second-order valence-corrected chi connectivity index (χ2v) is 7.21. The van der Waals surface area contributed by atoms with Gasteiger partial charge in [-0.1, -0.05) is 6.07 Å². The zero-order chi connectivity index (χ0) is 28.0. The van der Waals surface area contributed by atoms with Crippen molar-refractivity contribution in [1.29, 1.82) is 0 Å². The van der Waals surface area contributed by atoms with Gasteiger partial charge in [-0.15, -0.1) is 0 Å². The molecule has 0 radical (unpaired) electrons. The number of benzene rings is 1. The molecule has 1 aliphatic rings.